The van der Waals surface area contributed by atoms with Crippen molar-refractivity contribution in [3.8, 4) is 0 Å². The number of likely N-dealkylation sites (tertiary alicyclic amines) is 2. The molecule has 0 unspecified atom stereocenters. The lowest BCUT2D eigenvalue weighted by molar-refractivity contribution is -0.143. The SMILES string of the molecule is Cc1nc(C2CCN(C(=O)[C@@H]3CN(C)CC[C@@H]3O)CC2)no1.O=CO. The monoisotopic (exact) mass is 354 g/mol. The average Bonchev–Trinajstić information content (AvgIpc) is 3.04. The van der Waals surface area contributed by atoms with E-state index in [2.05, 4.69) is 15.0 Å². The van der Waals surface area contributed by atoms with Crippen molar-refractivity contribution in [2.24, 2.45) is 5.92 Å². The number of rotatable bonds is 2. The van der Waals surface area contributed by atoms with Crippen LogP contribution in [0.1, 0.15) is 36.9 Å². The normalized spacial score (nSPS) is 25.2. The Morgan fingerprint density at radius 3 is 2.48 bits per heavy atom. The highest BCUT2D eigenvalue weighted by Crippen LogP contribution is 2.28. The number of carbonyl (C=O) groups is 2. The van der Waals surface area contributed by atoms with E-state index >= 15 is 0 Å². The maximum Gasteiger partial charge on any atom is 0.290 e. The molecule has 1 aromatic rings. The Morgan fingerprint density at radius 2 is 1.92 bits per heavy atom. The molecule has 9 nitrogen and oxygen atoms in total. The lowest BCUT2D eigenvalue weighted by Gasteiger charge is -2.38. The topological polar surface area (TPSA) is 120 Å². The van der Waals surface area contributed by atoms with E-state index in [9.17, 15) is 9.90 Å². The highest BCUT2D eigenvalue weighted by atomic mass is 16.5. The number of aromatic nitrogens is 2. The fourth-order valence-corrected chi connectivity index (χ4v) is 3.42. The van der Waals surface area contributed by atoms with Gasteiger partial charge in [-0.25, -0.2) is 0 Å². The number of aliphatic hydroxyl groups is 1. The number of piperidine rings is 2. The Hall–Kier alpha value is -2.00. The zero-order chi connectivity index (χ0) is 18.4. The smallest absolute Gasteiger partial charge is 0.290 e. The van der Waals surface area contributed by atoms with Crippen LogP contribution in [0, 0.1) is 12.8 Å². The third-order valence-electron chi connectivity index (χ3n) is 4.81. The van der Waals surface area contributed by atoms with Gasteiger partial charge in [0.15, 0.2) is 5.82 Å². The predicted molar refractivity (Wildman–Crippen MR) is 87.9 cm³/mol. The maximum absolute atomic E-state index is 12.6. The molecule has 1 amide bonds. The zero-order valence-corrected chi connectivity index (χ0v) is 14.7. The molecule has 0 radical (unpaired) electrons. The Labute approximate surface area is 146 Å². The lowest BCUT2D eigenvalue weighted by Crippen LogP contribution is -2.51. The molecule has 2 aliphatic heterocycles. The minimum absolute atomic E-state index is 0.0850. The number of nitrogens with zero attached hydrogens (tertiary/aromatic N) is 4. The van der Waals surface area contributed by atoms with Gasteiger partial charge in [-0.2, -0.15) is 4.98 Å². The molecule has 2 saturated heterocycles. The molecule has 2 fully saturated rings. The van der Waals surface area contributed by atoms with Gasteiger partial charge in [-0.3, -0.25) is 9.59 Å². The van der Waals surface area contributed by atoms with E-state index in [1.807, 2.05) is 11.9 Å². The van der Waals surface area contributed by atoms with Gasteiger partial charge in [0.2, 0.25) is 11.8 Å². The van der Waals surface area contributed by atoms with Crippen molar-refractivity contribution in [3.63, 3.8) is 0 Å². The highest BCUT2D eigenvalue weighted by molar-refractivity contribution is 5.80. The van der Waals surface area contributed by atoms with Crippen LogP contribution in [0.25, 0.3) is 0 Å². The molecule has 0 spiro atoms. The zero-order valence-electron chi connectivity index (χ0n) is 14.7. The molecular formula is C16H26N4O5. The number of aryl methyl sites for hydroxylation is 1. The van der Waals surface area contributed by atoms with Crippen molar-refractivity contribution in [2.45, 2.75) is 38.2 Å². The highest BCUT2D eigenvalue weighted by Gasteiger charge is 2.36. The standard InChI is InChI=1S/C15H24N4O3.CH2O2/c1-10-16-14(17-22-10)11-3-7-19(8-4-11)15(21)12-9-18(2)6-5-13(12)20;2-1-3/h11-13,20H,3-9H2,1-2H3;1H,(H,2,3)/t12-,13+;/m1./s1. The second-order valence-corrected chi connectivity index (χ2v) is 6.60. The van der Waals surface area contributed by atoms with Gasteiger partial charge in [-0.05, 0) is 26.3 Å². The molecule has 0 aliphatic carbocycles. The van der Waals surface area contributed by atoms with Gasteiger partial charge in [0.05, 0.1) is 12.0 Å². The first-order valence-corrected chi connectivity index (χ1v) is 8.49. The van der Waals surface area contributed by atoms with Crippen LogP contribution in [-0.4, -0.2) is 81.9 Å². The van der Waals surface area contributed by atoms with E-state index in [1.54, 1.807) is 6.92 Å². The minimum atomic E-state index is -0.513. The van der Waals surface area contributed by atoms with Gasteiger partial charge >= 0.3 is 0 Å². The molecular weight excluding hydrogens is 328 g/mol. The second-order valence-electron chi connectivity index (χ2n) is 6.60. The first-order valence-electron chi connectivity index (χ1n) is 8.49. The van der Waals surface area contributed by atoms with E-state index in [4.69, 9.17) is 14.4 Å². The first kappa shape index (κ1) is 19.3. The number of aliphatic hydroxyl groups excluding tert-OH is 1. The molecule has 3 heterocycles. The number of hydrogen-bond acceptors (Lipinski definition) is 7. The largest absolute Gasteiger partial charge is 0.483 e. The Kier molecular flexibility index (Phi) is 6.89. The molecule has 2 N–H and O–H groups in total. The predicted octanol–water partition coefficient (Wildman–Crippen LogP) is 0.0974. The molecule has 25 heavy (non-hydrogen) atoms. The van der Waals surface area contributed by atoms with Crippen molar-refractivity contribution in [1.29, 1.82) is 0 Å². The van der Waals surface area contributed by atoms with Crippen molar-refractivity contribution in [1.82, 2.24) is 19.9 Å². The summed E-state index contributed by atoms with van der Waals surface area (Å²) in [5.74, 6) is 1.40. The van der Waals surface area contributed by atoms with Crippen LogP contribution in [0.2, 0.25) is 0 Å². The molecule has 0 bridgehead atoms. The summed E-state index contributed by atoms with van der Waals surface area (Å²) in [4.78, 5) is 29.3. The molecule has 3 rings (SSSR count). The first-order chi connectivity index (χ1) is 12.0. The molecule has 140 valence electrons. The van der Waals surface area contributed by atoms with Gasteiger partial charge in [-0.1, -0.05) is 5.16 Å². The summed E-state index contributed by atoms with van der Waals surface area (Å²) >= 11 is 0. The number of amides is 1. The number of carboxylic acid groups (broad SMARTS) is 1. The van der Waals surface area contributed by atoms with Gasteiger partial charge in [0, 0.05) is 39.0 Å². The minimum Gasteiger partial charge on any atom is -0.483 e. The molecule has 1 aromatic heterocycles. The van der Waals surface area contributed by atoms with Gasteiger partial charge in [0.25, 0.3) is 6.47 Å². The fourth-order valence-electron chi connectivity index (χ4n) is 3.42. The lowest BCUT2D eigenvalue weighted by atomic mass is 9.91. The van der Waals surface area contributed by atoms with E-state index < -0.39 is 6.10 Å². The second kappa shape index (κ2) is 8.91. The Bertz CT molecular complexity index is 571. The van der Waals surface area contributed by atoms with Crippen LogP contribution in [-0.2, 0) is 9.59 Å². The molecule has 9 heteroatoms. The molecule has 0 saturated carbocycles. The molecule has 2 atom stereocenters. The van der Waals surface area contributed by atoms with Gasteiger partial charge in [0.1, 0.15) is 0 Å². The molecule has 2 aliphatic rings. The summed E-state index contributed by atoms with van der Waals surface area (Å²) in [6.45, 7) is 4.43. The summed E-state index contributed by atoms with van der Waals surface area (Å²) in [5.41, 5.74) is 0. The van der Waals surface area contributed by atoms with Crippen LogP contribution in [0.5, 0.6) is 0 Å². The van der Waals surface area contributed by atoms with E-state index in [0.29, 0.717) is 31.9 Å². The maximum atomic E-state index is 12.6. The van der Waals surface area contributed by atoms with Crippen LogP contribution >= 0.6 is 0 Å². The summed E-state index contributed by atoms with van der Waals surface area (Å²) < 4.78 is 5.03. The van der Waals surface area contributed by atoms with Crippen LogP contribution < -0.4 is 0 Å². The summed E-state index contributed by atoms with van der Waals surface area (Å²) in [6.07, 6.45) is 1.86. The Morgan fingerprint density at radius 1 is 1.28 bits per heavy atom. The van der Waals surface area contributed by atoms with Crippen molar-refractivity contribution in [3.05, 3.63) is 11.7 Å². The summed E-state index contributed by atoms with van der Waals surface area (Å²) in [5, 5.41) is 21.0. The number of carbonyl (C=O) groups excluding carboxylic acids is 1. The van der Waals surface area contributed by atoms with Crippen LogP contribution in [0.3, 0.4) is 0 Å². The summed E-state index contributed by atoms with van der Waals surface area (Å²) in [7, 11) is 2.00. The van der Waals surface area contributed by atoms with Gasteiger partial charge in [-0.15, -0.1) is 0 Å². The quantitative estimate of drug-likeness (QED) is 0.718. The summed E-state index contributed by atoms with van der Waals surface area (Å²) in [6, 6.07) is 0. The van der Waals surface area contributed by atoms with Crippen molar-refractivity contribution in [2.75, 3.05) is 33.2 Å². The van der Waals surface area contributed by atoms with Crippen molar-refractivity contribution < 1.29 is 24.3 Å². The average molecular weight is 354 g/mol. The molecule has 0 aromatic carbocycles. The van der Waals surface area contributed by atoms with E-state index in [1.165, 1.54) is 0 Å². The Balaban J connectivity index is 0.000000701. The fraction of sp³-hybridized carbons (Fsp3) is 0.750. The number of hydrogen-bond donors (Lipinski definition) is 2. The van der Waals surface area contributed by atoms with E-state index in [0.717, 1.165) is 25.2 Å². The van der Waals surface area contributed by atoms with Crippen LogP contribution in [0.15, 0.2) is 4.52 Å². The van der Waals surface area contributed by atoms with Crippen molar-refractivity contribution >= 4 is 12.4 Å². The third-order valence-corrected chi connectivity index (χ3v) is 4.81. The van der Waals surface area contributed by atoms with E-state index in [-0.39, 0.29) is 24.2 Å². The third kappa shape index (κ3) is 4.99. The van der Waals surface area contributed by atoms with Crippen LogP contribution in [0.4, 0.5) is 0 Å². The van der Waals surface area contributed by atoms with Gasteiger partial charge < -0.3 is 24.5 Å².